The second-order valence-corrected chi connectivity index (χ2v) is 6.06. The van der Waals surface area contributed by atoms with E-state index >= 15 is 0 Å². The van der Waals surface area contributed by atoms with Crippen molar-refractivity contribution in [3.63, 3.8) is 0 Å². The highest BCUT2D eigenvalue weighted by Crippen LogP contribution is 2.11. The Balaban J connectivity index is 1.61. The average Bonchev–Trinajstić information content (AvgIpc) is 2.92. The van der Waals surface area contributed by atoms with Crippen LogP contribution >= 0.6 is 15.9 Å². The van der Waals surface area contributed by atoms with E-state index in [2.05, 4.69) is 30.6 Å². The predicted octanol–water partition coefficient (Wildman–Crippen LogP) is 3.38. The monoisotopic (exact) mass is 357 g/mol. The molecule has 0 aliphatic heterocycles. The molecule has 22 heavy (non-hydrogen) atoms. The first-order chi connectivity index (χ1) is 10.6. The minimum absolute atomic E-state index is 0.0626. The van der Waals surface area contributed by atoms with Gasteiger partial charge in [-0.15, -0.1) is 0 Å². The molecule has 4 nitrogen and oxygen atoms in total. The molecule has 2 aromatic heterocycles. The van der Waals surface area contributed by atoms with Gasteiger partial charge in [0.05, 0.1) is 5.69 Å². The molecule has 0 radical (unpaired) electrons. The molecule has 0 saturated heterocycles. The van der Waals surface area contributed by atoms with Gasteiger partial charge in [-0.25, -0.2) is 4.98 Å². The van der Waals surface area contributed by atoms with Crippen molar-refractivity contribution in [1.82, 2.24) is 14.7 Å². The van der Waals surface area contributed by atoms with Crippen LogP contribution in [-0.2, 0) is 6.42 Å². The number of benzene rings is 1. The van der Waals surface area contributed by atoms with Gasteiger partial charge in [-0.05, 0) is 43.3 Å². The first-order valence-corrected chi connectivity index (χ1v) is 7.90. The molecule has 0 aliphatic rings. The zero-order chi connectivity index (χ0) is 15.5. The molecular weight excluding hydrogens is 342 g/mol. The molecule has 1 aromatic carbocycles. The number of hydrogen-bond donors (Lipinski definition) is 1. The van der Waals surface area contributed by atoms with Gasteiger partial charge in [0.2, 0.25) is 0 Å². The van der Waals surface area contributed by atoms with Gasteiger partial charge in [0.15, 0.2) is 0 Å². The van der Waals surface area contributed by atoms with E-state index in [0.29, 0.717) is 18.5 Å². The zero-order valence-electron chi connectivity index (χ0n) is 12.2. The number of carbonyl (C=O) groups is 1. The van der Waals surface area contributed by atoms with Crippen molar-refractivity contribution in [2.24, 2.45) is 0 Å². The molecule has 0 bridgehead atoms. The molecule has 0 spiro atoms. The Labute approximate surface area is 137 Å². The van der Waals surface area contributed by atoms with Crippen LogP contribution < -0.4 is 5.32 Å². The summed E-state index contributed by atoms with van der Waals surface area (Å²) in [4.78, 5) is 16.6. The van der Waals surface area contributed by atoms with E-state index in [0.717, 1.165) is 21.5 Å². The van der Waals surface area contributed by atoms with E-state index in [9.17, 15) is 4.79 Å². The van der Waals surface area contributed by atoms with Crippen LogP contribution in [0.4, 0.5) is 0 Å². The van der Waals surface area contributed by atoms with Crippen LogP contribution in [0.5, 0.6) is 0 Å². The van der Waals surface area contributed by atoms with E-state index in [1.165, 1.54) is 0 Å². The third kappa shape index (κ3) is 3.20. The number of aromatic nitrogens is 2. The third-order valence-corrected chi connectivity index (χ3v) is 4.05. The summed E-state index contributed by atoms with van der Waals surface area (Å²) in [6.07, 6.45) is 2.74. The minimum atomic E-state index is -0.0626. The Morgan fingerprint density at radius 3 is 2.73 bits per heavy atom. The van der Waals surface area contributed by atoms with E-state index in [1.807, 2.05) is 43.5 Å². The molecule has 2 heterocycles. The summed E-state index contributed by atoms with van der Waals surface area (Å²) in [5, 5.41) is 2.92. The van der Waals surface area contributed by atoms with Gasteiger partial charge >= 0.3 is 0 Å². The standard InChI is InChI=1S/C17H16BrN3O/c1-12-3-2-4-16-20-15(11-21(12)16)9-10-19-17(22)13-5-7-14(18)8-6-13/h2-8,11H,9-10H2,1H3,(H,19,22). The van der Waals surface area contributed by atoms with E-state index in [-0.39, 0.29) is 5.91 Å². The lowest BCUT2D eigenvalue weighted by Gasteiger charge is -2.04. The smallest absolute Gasteiger partial charge is 0.251 e. The molecule has 1 N–H and O–H groups in total. The van der Waals surface area contributed by atoms with Crippen LogP contribution in [0.1, 0.15) is 21.7 Å². The van der Waals surface area contributed by atoms with Crippen LogP contribution in [0.15, 0.2) is 53.1 Å². The fraction of sp³-hybridized carbons (Fsp3) is 0.176. The summed E-state index contributed by atoms with van der Waals surface area (Å²) in [6.45, 7) is 2.62. The second kappa shape index (κ2) is 6.32. The van der Waals surface area contributed by atoms with Crippen molar-refractivity contribution in [3.8, 4) is 0 Å². The van der Waals surface area contributed by atoms with Gasteiger partial charge < -0.3 is 9.72 Å². The van der Waals surface area contributed by atoms with Crippen LogP contribution in [0.2, 0.25) is 0 Å². The molecule has 1 amide bonds. The van der Waals surface area contributed by atoms with Gasteiger partial charge in [0.1, 0.15) is 5.65 Å². The van der Waals surface area contributed by atoms with E-state index in [4.69, 9.17) is 0 Å². The minimum Gasteiger partial charge on any atom is -0.352 e. The summed E-state index contributed by atoms with van der Waals surface area (Å²) < 4.78 is 3.02. The predicted molar refractivity (Wildman–Crippen MR) is 90.1 cm³/mol. The Hall–Kier alpha value is -2.14. The summed E-state index contributed by atoms with van der Waals surface area (Å²) in [6, 6.07) is 13.3. The molecule has 112 valence electrons. The summed E-state index contributed by atoms with van der Waals surface area (Å²) >= 11 is 3.36. The maximum atomic E-state index is 12.0. The first kappa shape index (κ1) is 14.8. The lowest BCUT2D eigenvalue weighted by Crippen LogP contribution is -2.25. The second-order valence-electron chi connectivity index (χ2n) is 5.14. The Morgan fingerprint density at radius 2 is 2.00 bits per heavy atom. The highest BCUT2D eigenvalue weighted by Gasteiger charge is 2.06. The maximum Gasteiger partial charge on any atom is 0.251 e. The molecule has 3 rings (SSSR count). The number of aryl methyl sites for hydroxylation is 1. The van der Waals surface area contributed by atoms with Gasteiger partial charge in [-0.3, -0.25) is 4.79 Å². The quantitative estimate of drug-likeness (QED) is 0.777. The molecule has 3 aromatic rings. The van der Waals surface area contributed by atoms with Crippen molar-refractivity contribution in [2.45, 2.75) is 13.3 Å². The molecule has 0 unspecified atom stereocenters. The number of rotatable bonds is 4. The number of fused-ring (bicyclic) bond motifs is 1. The van der Waals surface area contributed by atoms with Crippen molar-refractivity contribution < 1.29 is 4.79 Å². The van der Waals surface area contributed by atoms with Crippen molar-refractivity contribution in [2.75, 3.05) is 6.54 Å². The summed E-state index contributed by atoms with van der Waals surface area (Å²) in [5.41, 5.74) is 3.73. The van der Waals surface area contributed by atoms with Crippen molar-refractivity contribution in [3.05, 3.63) is 70.1 Å². The zero-order valence-corrected chi connectivity index (χ0v) is 13.8. The molecule has 0 aliphatic carbocycles. The Bertz CT molecular complexity index is 808. The topological polar surface area (TPSA) is 46.4 Å². The molecule has 0 atom stereocenters. The average molecular weight is 358 g/mol. The lowest BCUT2D eigenvalue weighted by atomic mass is 10.2. The summed E-state index contributed by atoms with van der Waals surface area (Å²) in [7, 11) is 0. The highest BCUT2D eigenvalue weighted by atomic mass is 79.9. The van der Waals surface area contributed by atoms with Gasteiger partial charge in [0, 0.05) is 34.9 Å². The fourth-order valence-corrected chi connectivity index (χ4v) is 2.59. The number of imidazole rings is 1. The number of hydrogen-bond acceptors (Lipinski definition) is 2. The van der Waals surface area contributed by atoms with E-state index in [1.54, 1.807) is 12.1 Å². The number of halogens is 1. The number of pyridine rings is 1. The van der Waals surface area contributed by atoms with Crippen LogP contribution in [0, 0.1) is 6.92 Å². The van der Waals surface area contributed by atoms with Gasteiger partial charge in [0.25, 0.3) is 5.91 Å². The number of amides is 1. The van der Waals surface area contributed by atoms with Crippen molar-refractivity contribution in [1.29, 1.82) is 0 Å². The van der Waals surface area contributed by atoms with Crippen molar-refractivity contribution >= 4 is 27.5 Å². The highest BCUT2D eigenvalue weighted by molar-refractivity contribution is 9.10. The number of nitrogens with one attached hydrogen (secondary N) is 1. The van der Waals surface area contributed by atoms with Crippen LogP contribution in [0.25, 0.3) is 5.65 Å². The molecule has 0 fully saturated rings. The van der Waals surface area contributed by atoms with Gasteiger partial charge in [-0.1, -0.05) is 22.0 Å². The molecule has 0 saturated carbocycles. The SMILES string of the molecule is Cc1cccc2nc(CCNC(=O)c3ccc(Br)cc3)cn12. The van der Waals surface area contributed by atoms with Crippen LogP contribution in [0.3, 0.4) is 0 Å². The third-order valence-electron chi connectivity index (χ3n) is 3.52. The first-order valence-electron chi connectivity index (χ1n) is 7.11. The largest absolute Gasteiger partial charge is 0.352 e. The van der Waals surface area contributed by atoms with Crippen LogP contribution in [-0.4, -0.2) is 21.8 Å². The Kier molecular flexibility index (Phi) is 4.24. The normalized spacial score (nSPS) is 10.8. The molecule has 5 heteroatoms. The summed E-state index contributed by atoms with van der Waals surface area (Å²) in [5.74, 6) is -0.0626. The number of nitrogens with zero attached hydrogens (tertiary/aromatic N) is 2. The molecular formula is C17H16BrN3O. The number of carbonyl (C=O) groups excluding carboxylic acids is 1. The Morgan fingerprint density at radius 1 is 1.23 bits per heavy atom. The van der Waals surface area contributed by atoms with E-state index < -0.39 is 0 Å². The maximum absolute atomic E-state index is 12.0. The van der Waals surface area contributed by atoms with Gasteiger partial charge in [-0.2, -0.15) is 0 Å². The lowest BCUT2D eigenvalue weighted by molar-refractivity contribution is 0.0954. The fourth-order valence-electron chi connectivity index (χ4n) is 2.33.